The molecule has 0 aliphatic rings. The summed E-state index contributed by atoms with van der Waals surface area (Å²) in [6.07, 6.45) is 0. The molecule has 0 bridgehead atoms. The Labute approximate surface area is 406 Å². The van der Waals surface area contributed by atoms with Crippen LogP contribution in [-0.4, -0.2) is 9.13 Å². The molecule has 14 rings (SSSR count). The van der Waals surface area contributed by atoms with Crippen LogP contribution in [0, 0.1) is 0 Å². The molecule has 14 aromatic rings. The molecule has 0 fully saturated rings. The van der Waals surface area contributed by atoms with Crippen molar-refractivity contribution in [3.63, 3.8) is 0 Å². The number of aromatic nitrogens is 2. The molecule has 70 heavy (non-hydrogen) atoms. The van der Waals surface area contributed by atoms with Crippen LogP contribution < -0.4 is 0 Å². The lowest BCUT2D eigenvalue weighted by molar-refractivity contribution is 1.18. The number of hydrogen-bond donors (Lipinski definition) is 0. The number of rotatable bonds is 7. The average Bonchev–Trinajstić information content (AvgIpc) is 3.96. The maximum Gasteiger partial charge on any atom is 0.0547 e. The molecular weight excluding hydrogens is 845 g/mol. The molecule has 0 radical (unpaired) electrons. The van der Waals surface area contributed by atoms with E-state index < -0.39 is 0 Å². The van der Waals surface area contributed by atoms with Gasteiger partial charge in [-0.25, -0.2) is 0 Å². The van der Waals surface area contributed by atoms with Crippen molar-refractivity contribution in [3.05, 3.63) is 267 Å². The largest absolute Gasteiger partial charge is 0.309 e. The van der Waals surface area contributed by atoms with Crippen LogP contribution in [0.5, 0.6) is 0 Å². The lowest BCUT2D eigenvalue weighted by Gasteiger charge is -2.13. The van der Waals surface area contributed by atoms with E-state index in [9.17, 15) is 0 Å². The number of hydrogen-bond acceptors (Lipinski definition) is 0. The maximum absolute atomic E-state index is 2.45. The lowest BCUT2D eigenvalue weighted by atomic mass is 9.92. The minimum Gasteiger partial charge on any atom is -0.309 e. The van der Waals surface area contributed by atoms with Crippen molar-refractivity contribution in [2.45, 2.75) is 0 Å². The second-order valence-corrected chi connectivity index (χ2v) is 18.4. The monoisotopic (exact) mass is 888 g/mol. The number of nitrogens with zero attached hydrogens (tertiary/aromatic N) is 2. The Hall–Kier alpha value is -9.24. The first kappa shape index (κ1) is 39.9. The topological polar surface area (TPSA) is 9.86 Å². The second kappa shape index (κ2) is 16.2. The highest BCUT2D eigenvalue weighted by Gasteiger charge is 2.19. The molecular formula is C68H44N2. The zero-order chi connectivity index (χ0) is 46.1. The summed E-state index contributed by atoms with van der Waals surface area (Å²) >= 11 is 0. The predicted molar refractivity (Wildman–Crippen MR) is 297 cm³/mol. The van der Waals surface area contributed by atoms with E-state index in [-0.39, 0.29) is 0 Å². The molecule has 0 spiro atoms. The van der Waals surface area contributed by atoms with Crippen LogP contribution in [0.3, 0.4) is 0 Å². The Bertz CT molecular complexity index is 4170. The van der Waals surface area contributed by atoms with Crippen LogP contribution >= 0.6 is 0 Å². The fourth-order valence-electron chi connectivity index (χ4n) is 11.3. The zero-order valence-electron chi connectivity index (χ0n) is 38.3. The summed E-state index contributed by atoms with van der Waals surface area (Å²) in [6.45, 7) is 0. The fraction of sp³-hybridized carbons (Fsp3) is 0. The highest BCUT2D eigenvalue weighted by atomic mass is 15.0. The van der Waals surface area contributed by atoms with E-state index in [1.54, 1.807) is 0 Å². The Balaban J connectivity index is 0.914. The van der Waals surface area contributed by atoms with Gasteiger partial charge in [-0.3, -0.25) is 0 Å². The standard InChI is InChI=1S/C68H44N2/c1-4-17-45(18-5-1)54-24-10-12-26-57(54)49-33-38-65-62(43-49)63-44-50(58-27-13-11-25-55(58)46-19-6-2-7-20-46)34-39-66(63)69(65)53-36-31-47(32-37-53)56-29-16-21-48-42-61-51(41-60(48)56)35-40-67-68(61)59-28-14-15-30-64(59)70(67)52-22-8-3-9-23-52/h1-44H. The van der Waals surface area contributed by atoms with E-state index in [1.807, 2.05) is 0 Å². The van der Waals surface area contributed by atoms with Crippen molar-refractivity contribution in [3.8, 4) is 67.0 Å². The average molecular weight is 889 g/mol. The first-order valence-corrected chi connectivity index (χ1v) is 24.2. The van der Waals surface area contributed by atoms with Gasteiger partial charge in [0.05, 0.1) is 22.1 Å². The van der Waals surface area contributed by atoms with Gasteiger partial charge >= 0.3 is 0 Å². The third-order valence-electron chi connectivity index (χ3n) is 14.5. The Morgan fingerprint density at radius 3 is 1.23 bits per heavy atom. The highest BCUT2D eigenvalue weighted by molar-refractivity contribution is 6.24. The quantitative estimate of drug-likeness (QED) is 0.141. The number of fused-ring (bicyclic) bond motifs is 9. The van der Waals surface area contributed by atoms with Gasteiger partial charge in [-0.1, -0.05) is 194 Å². The van der Waals surface area contributed by atoms with Crippen LogP contribution in [0.1, 0.15) is 0 Å². The van der Waals surface area contributed by atoms with Gasteiger partial charge in [0.25, 0.3) is 0 Å². The van der Waals surface area contributed by atoms with Crippen LogP contribution in [0.25, 0.3) is 132 Å². The van der Waals surface area contributed by atoms with Gasteiger partial charge in [-0.15, -0.1) is 0 Å². The molecule has 326 valence electrons. The summed E-state index contributed by atoms with van der Waals surface area (Å²) in [4.78, 5) is 0. The van der Waals surface area contributed by atoms with Crippen LogP contribution in [0.15, 0.2) is 267 Å². The molecule has 0 atom stereocenters. The van der Waals surface area contributed by atoms with Crippen molar-refractivity contribution in [1.29, 1.82) is 0 Å². The van der Waals surface area contributed by atoms with Crippen LogP contribution in [-0.2, 0) is 0 Å². The fourth-order valence-corrected chi connectivity index (χ4v) is 11.3. The summed E-state index contributed by atoms with van der Waals surface area (Å²) in [5.74, 6) is 0. The van der Waals surface area contributed by atoms with E-state index in [1.165, 1.54) is 126 Å². The van der Waals surface area contributed by atoms with E-state index in [0.717, 1.165) is 5.69 Å². The molecule has 0 aliphatic carbocycles. The summed E-state index contributed by atoms with van der Waals surface area (Å²) in [7, 11) is 0. The van der Waals surface area contributed by atoms with Crippen LogP contribution in [0.2, 0.25) is 0 Å². The van der Waals surface area contributed by atoms with E-state index >= 15 is 0 Å². The van der Waals surface area contributed by atoms with E-state index in [4.69, 9.17) is 0 Å². The summed E-state index contributed by atoms with van der Waals surface area (Å²) in [5.41, 5.74) is 19.2. The highest BCUT2D eigenvalue weighted by Crippen LogP contribution is 2.43. The molecule has 0 saturated carbocycles. The maximum atomic E-state index is 2.45. The SMILES string of the molecule is c1ccc(-c2ccccc2-c2ccc3c(c2)c2cc(-c4ccccc4-c4ccccc4)ccc2n3-c2ccc(-c3cccc4cc5c(ccc6c5c5ccccc5n6-c5ccccc5)cc34)cc2)cc1. The summed E-state index contributed by atoms with van der Waals surface area (Å²) < 4.78 is 4.85. The predicted octanol–water partition coefficient (Wildman–Crippen LogP) is 18.5. The van der Waals surface area contributed by atoms with Gasteiger partial charge in [0.1, 0.15) is 0 Å². The summed E-state index contributed by atoms with van der Waals surface area (Å²) in [5, 5.41) is 9.99. The molecule has 12 aromatic carbocycles. The molecule has 0 amide bonds. The minimum absolute atomic E-state index is 1.13. The minimum atomic E-state index is 1.13. The van der Waals surface area contributed by atoms with E-state index in [2.05, 4.69) is 276 Å². The van der Waals surface area contributed by atoms with Gasteiger partial charge < -0.3 is 9.13 Å². The third-order valence-corrected chi connectivity index (χ3v) is 14.5. The van der Waals surface area contributed by atoms with Gasteiger partial charge in [0.15, 0.2) is 0 Å². The second-order valence-electron chi connectivity index (χ2n) is 18.4. The molecule has 0 aliphatic heterocycles. The Kier molecular flexibility index (Phi) is 9.25. The van der Waals surface area contributed by atoms with Crippen molar-refractivity contribution in [2.75, 3.05) is 0 Å². The molecule has 2 aromatic heterocycles. The molecule has 0 N–H and O–H groups in total. The molecule has 0 saturated heterocycles. The van der Waals surface area contributed by atoms with Crippen molar-refractivity contribution < 1.29 is 0 Å². The first-order valence-electron chi connectivity index (χ1n) is 24.2. The third kappa shape index (κ3) is 6.42. The number of benzene rings is 12. The Morgan fingerprint density at radius 2 is 0.614 bits per heavy atom. The lowest BCUT2D eigenvalue weighted by Crippen LogP contribution is -1.94. The zero-order valence-corrected chi connectivity index (χ0v) is 38.3. The normalized spacial score (nSPS) is 11.7. The van der Waals surface area contributed by atoms with Gasteiger partial charge in [0.2, 0.25) is 0 Å². The van der Waals surface area contributed by atoms with Gasteiger partial charge in [-0.05, 0) is 150 Å². The Morgan fingerprint density at radius 1 is 0.200 bits per heavy atom. The number of para-hydroxylation sites is 2. The molecule has 0 unspecified atom stereocenters. The van der Waals surface area contributed by atoms with Gasteiger partial charge in [-0.2, -0.15) is 0 Å². The molecule has 2 nitrogen and oxygen atoms in total. The van der Waals surface area contributed by atoms with Crippen LogP contribution in [0.4, 0.5) is 0 Å². The molecule has 2 heteroatoms. The van der Waals surface area contributed by atoms with Crippen molar-refractivity contribution in [1.82, 2.24) is 9.13 Å². The first-order chi connectivity index (χ1) is 34.7. The molecule has 2 heterocycles. The van der Waals surface area contributed by atoms with Gasteiger partial charge in [0, 0.05) is 32.9 Å². The van der Waals surface area contributed by atoms with Crippen molar-refractivity contribution in [2.24, 2.45) is 0 Å². The van der Waals surface area contributed by atoms with E-state index in [0.29, 0.717) is 0 Å². The van der Waals surface area contributed by atoms with Crippen molar-refractivity contribution >= 4 is 65.2 Å². The smallest absolute Gasteiger partial charge is 0.0547 e. The summed E-state index contributed by atoms with van der Waals surface area (Å²) in [6, 6.07) is 97.9.